The zero-order valence-corrected chi connectivity index (χ0v) is 24.5. The van der Waals surface area contributed by atoms with Gasteiger partial charge in [0, 0.05) is 37.4 Å². The molecule has 0 unspecified atom stereocenters. The molecule has 4 rings (SSSR count). The number of rotatable bonds is 13. The van der Waals surface area contributed by atoms with Crippen molar-refractivity contribution in [3.05, 3.63) is 89.5 Å². The molecule has 1 fully saturated rings. The molecule has 1 amide bonds. The van der Waals surface area contributed by atoms with Gasteiger partial charge in [-0.15, -0.1) is 23.9 Å². The van der Waals surface area contributed by atoms with E-state index < -0.39 is 35.2 Å². The van der Waals surface area contributed by atoms with Gasteiger partial charge in [0.1, 0.15) is 5.75 Å². The molecule has 3 aromatic carbocycles. The number of alkyl halides is 3. The zero-order valence-electron chi connectivity index (χ0n) is 23.7. The predicted octanol–water partition coefficient (Wildman–Crippen LogP) is 5.38. The number of carbonyl (C=O) groups excluding carboxylic acids is 1. The van der Waals surface area contributed by atoms with Crippen LogP contribution in [-0.2, 0) is 13.0 Å². The molecule has 0 bridgehead atoms. The van der Waals surface area contributed by atoms with Gasteiger partial charge in [-0.25, -0.2) is 0 Å². The van der Waals surface area contributed by atoms with Crippen molar-refractivity contribution in [3.63, 3.8) is 0 Å². The lowest BCUT2D eigenvalue weighted by atomic mass is 10.00. The minimum Gasteiger partial charge on any atom is -0.406 e. The average molecular weight is 623 g/mol. The molecule has 1 heterocycles. The molecule has 0 saturated carbocycles. The first kappa shape index (κ1) is 32.4. The molecule has 0 aromatic heterocycles. The molecular weight excluding hydrogens is 585 g/mol. The fourth-order valence-corrected chi connectivity index (χ4v) is 6.51. The number of anilines is 2. The SMILES string of the molecule is CCNc1cc(C(=O)N[C@@H](Cc2ccccc2)[C@@H](O)CNCc2cccc(OC(F)(F)F)c2)cc(N2CCCS2(O)O)c1. The Hall–Kier alpha value is -3.49. The minimum atomic E-state index is -4.80. The summed E-state index contributed by atoms with van der Waals surface area (Å²) in [5.74, 6) is -0.526. The predicted molar refractivity (Wildman–Crippen MR) is 163 cm³/mol. The summed E-state index contributed by atoms with van der Waals surface area (Å²) in [6.45, 7) is 3.15. The van der Waals surface area contributed by atoms with Crippen LogP contribution < -0.4 is 25.0 Å². The van der Waals surface area contributed by atoms with E-state index in [1.54, 1.807) is 24.3 Å². The van der Waals surface area contributed by atoms with Crippen LogP contribution in [0.5, 0.6) is 5.75 Å². The molecule has 43 heavy (non-hydrogen) atoms. The highest BCUT2D eigenvalue weighted by Gasteiger charge is 2.32. The van der Waals surface area contributed by atoms with Crippen LogP contribution in [0.2, 0.25) is 0 Å². The van der Waals surface area contributed by atoms with Crippen LogP contribution in [0.25, 0.3) is 0 Å². The number of ether oxygens (including phenoxy) is 1. The average Bonchev–Trinajstić information content (AvgIpc) is 3.31. The van der Waals surface area contributed by atoms with E-state index in [1.807, 2.05) is 37.3 Å². The molecule has 3 aromatic rings. The van der Waals surface area contributed by atoms with Crippen LogP contribution >= 0.6 is 10.8 Å². The van der Waals surface area contributed by atoms with Gasteiger partial charge in [-0.3, -0.25) is 18.2 Å². The van der Waals surface area contributed by atoms with Crippen molar-refractivity contribution in [1.29, 1.82) is 0 Å². The third kappa shape index (κ3) is 9.50. The maximum Gasteiger partial charge on any atom is 0.573 e. The third-order valence-corrected chi connectivity index (χ3v) is 8.81. The fourth-order valence-electron chi connectivity index (χ4n) is 4.91. The number of halogens is 3. The molecule has 1 aliphatic rings. The van der Waals surface area contributed by atoms with Crippen LogP contribution in [-0.4, -0.2) is 64.0 Å². The summed E-state index contributed by atoms with van der Waals surface area (Å²) in [5, 5.41) is 20.3. The van der Waals surface area contributed by atoms with Crippen molar-refractivity contribution in [2.75, 3.05) is 35.0 Å². The quantitative estimate of drug-likeness (QED) is 0.150. The van der Waals surface area contributed by atoms with Crippen LogP contribution in [0, 0.1) is 0 Å². The number of hydrogen-bond acceptors (Lipinski definition) is 8. The smallest absolute Gasteiger partial charge is 0.406 e. The minimum absolute atomic E-state index is 0.0412. The summed E-state index contributed by atoms with van der Waals surface area (Å²) in [6.07, 6.45) is -4.92. The third-order valence-electron chi connectivity index (χ3n) is 6.88. The molecule has 0 aliphatic carbocycles. The molecular formula is C30H37F3N4O5S. The highest BCUT2D eigenvalue weighted by atomic mass is 32.3. The van der Waals surface area contributed by atoms with Crippen molar-refractivity contribution in [2.24, 2.45) is 0 Å². The number of nitrogens with one attached hydrogen (secondary N) is 3. The first-order valence-corrected chi connectivity index (χ1v) is 15.6. The number of aliphatic hydroxyl groups is 1. The Labute approximate surface area is 250 Å². The fraction of sp³-hybridized carbons (Fsp3) is 0.367. The lowest BCUT2D eigenvalue weighted by Crippen LogP contribution is -2.48. The second kappa shape index (κ2) is 14.3. The highest BCUT2D eigenvalue weighted by Crippen LogP contribution is 2.51. The summed E-state index contributed by atoms with van der Waals surface area (Å²) in [5.41, 5.74) is 2.86. The lowest BCUT2D eigenvalue weighted by Gasteiger charge is -2.38. The Morgan fingerprint density at radius 3 is 2.47 bits per heavy atom. The van der Waals surface area contributed by atoms with Gasteiger partial charge in [0.2, 0.25) is 0 Å². The van der Waals surface area contributed by atoms with Gasteiger partial charge >= 0.3 is 6.36 Å². The number of aliphatic hydroxyl groups excluding tert-OH is 1. The second-order valence-electron chi connectivity index (χ2n) is 10.3. The molecule has 0 spiro atoms. The summed E-state index contributed by atoms with van der Waals surface area (Å²) >= 11 is 0. The molecule has 2 atom stereocenters. The Kier molecular flexibility index (Phi) is 10.8. The van der Waals surface area contributed by atoms with E-state index >= 15 is 0 Å². The van der Waals surface area contributed by atoms with E-state index in [9.17, 15) is 32.2 Å². The standard InChI is InChI=1S/C30H37F3N4O5S/c1-2-35-24-16-23(17-25(18-24)37-12-7-13-43(37,40)41)29(39)36-27(15-21-8-4-3-5-9-21)28(38)20-34-19-22-10-6-11-26(14-22)42-30(31,32)33/h3-6,8-11,14,16-18,27-28,34-35,38,40-41H,2,7,12-13,15,19-20H2,1H3,(H,36,39)/t27-,28-/m0/s1. The van der Waals surface area contributed by atoms with Gasteiger partial charge in [-0.2, -0.15) is 0 Å². The summed E-state index contributed by atoms with van der Waals surface area (Å²) in [7, 11) is -2.97. The van der Waals surface area contributed by atoms with E-state index in [2.05, 4.69) is 20.7 Å². The Bertz CT molecular complexity index is 1360. The van der Waals surface area contributed by atoms with Crippen molar-refractivity contribution in [3.8, 4) is 5.75 Å². The van der Waals surface area contributed by atoms with Crippen LogP contribution in [0.1, 0.15) is 34.8 Å². The molecule has 9 nitrogen and oxygen atoms in total. The topological polar surface area (TPSA) is 126 Å². The Morgan fingerprint density at radius 2 is 1.79 bits per heavy atom. The van der Waals surface area contributed by atoms with E-state index in [-0.39, 0.29) is 30.2 Å². The summed E-state index contributed by atoms with van der Waals surface area (Å²) in [4.78, 5) is 13.6. The summed E-state index contributed by atoms with van der Waals surface area (Å²) in [6, 6.07) is 19.2. The van der Waals surface area contributed by atoms with E-state index in [4.69, 9.17) is 0 Å². The number of hydrogen-bond donors (Lipinski definition) is 6. The molecule has 234 valence electrons. The van der Waals surface area contributed by atoms with Gasteiger partial charge in [-0.05, 0) is 61.2 Å². The van der Waals surface area contributed by atoms with Crippen molar-refractivity contribution < 1.29 is 36.9 Å². The van der Waals surface area contributed by atoms with Gasteiger partial charge in [0.05, 0.1) is 23.6 Å². The van der Waals surface area contributed by atoms with Crippen molar-refractivity contribution >= 4 is 28.1 Å². The number of benzene rings is 3. The summed E-state index contributed by atoms with van der Waals surface area (Å²) < 4.78 is 64.3. The van der Waals surface area contributed by atoms with Gasteiger partial charge in [0.15, 0.2) is 0 Å². The molecule has 0 radical (unpaired) electrons. The monoisotopic (exact) mass is 622 g/mol. The van der Waals surface area contributed by atoms with Gasteiger partial charge in [-0.1, -0.05) is 42.5 Å². The van der Waals surface area contributed by atoms with E-state index in [0.29, 0.717) is 42.9 Å². The molecule has 1 aliphatic heterocycles. The maximum absolute atomic E-state index is 13.6. The molecule has 13 heteroatoms. The molecule has 6 N–H and O–H groups in total. The highest BCUT2D eigenvalue weighted by molar-refractivity contribution is 8.25. The van der Waals surface area contributed by atoms with Crippen LogP contribution in [0.15, 0.2) is 72.8 Å². The number of amides is 1. The van der Waals surface area contributed by atoms with E-state index in [1.165, 1.54) is 22.5 Å². The number of nitrogens with zero attached hydrogens (tertiary/aromatic N) is 1. The van der Waals surface area contributed by atoms with Gasteiger partial charge in [0.25, 0.3) is 5.91 Å². The van der Waals surface area contributed by atoms with Gasteiger partial charge < -0.3 is 25.8 Å². The van der Waals surface area contributed by atoms with Crippen LogP contribution in [0.3, 0.4) is 0 Å². The van der Waals surface area contributed by atoms with Crippen molar-refractivity contribution in [2.45, 2.75) is 44.8 Å². The second-order valence-corrected chi connectivity index (χ2v) is 12.4. The maximum atomic E-state index is 13.6. The normalized spacial score (nSPS) is 16.8. The zero-order chi connectivity index (χ0) is 31.0. The Morgan fingerprint density at radius 1 is 1.05 bits per heavy atom. The first-order chi connectivity index (χ1) is 20.4. The lowest BCUT2D eigenvalue weighted by molar-refractivity contribution is -0.274. The first-order valence-electron chi connectivity index (χ1n) is 13.9. The molecule has 1 saturated heterocycles. The van der Waals surface area contributed by atoms with Crippen molar-refractivity contribution in [1.82, 2.24) is 10.6 Å². The number of carbonyl (C=O) groups is 1. The van der Waals surface area contributed by atoms with E-state index in [0.717, 1.165) is 5.56 Å². The van der Waals surface area contributed by atoms with Crippen LogP contribution in [0.4, 0.5) is 24.5 Å². The Balaban J connectivity index is 1.49. The largest absolute Gasteiger partial charge is 0.573 e.